The number of nitrogens with zero attached hydrogens (tertiary/aromatic N) is 2. The second-order valence-electron chi connectivity index (χ2n) is 8.16. The standard InChI is InChI=1S/C27H25FN2O3.ClH/c1-18-19(2)30(26(21-6-4-3-5-7-21)24-17-31-14-15-32-24)27-23(12-13-29-25(18)27)33-16-20-8-10-22(28)11-9-20;/h3-4,6,8-15,17,26H,5,7,16H2,1-2H3;1H. The van der Waals surface area contributed by atoms with E-state index in [-0.39, 0.29) is 24.3 Å². The minimum Gasteiger partial charge on any atom is -0.487 e. The summed E-state index contributed by atoms with van der Waals surface area (Å²) in [5.74, 6) is 1.15. The number of aromatic nitrogens is 2. The van der Waals surface area contributed by atoms with Crippen molar-refractivity contribution in [1.82, 2.24) is 9.55 Å². The summed E-state index contributed by atoms with van der Waals surface area (Å²) in [6, 6.07) is 8.02. The summed E-state index contributed by atoms with van der Waals surface area (Å²) in [4.78, 5) is 4.67. The number of hydrogen-bond acceptors (Lipinski definition) is 4. The molecule has 34 heavy (non-hydrogen) atoms. The molecule has 0 saturated carbocycles. The Labute approximate surface area is 204 Å². The molecule has 1 atom stereocenters. The largest absolute Gasteiger partial charge is 0.487 e. The van der Waals surface area contributed by atoms with Crippen LogP contribution in [-0.4, -0.2) is 9.55 Å². The maximum atomic E-state index is 13.3. The molecule has 5 nitrogen and oxygen atoms in total. The summed E-state index contributed by atoms with van der Waals surface area (Å²) in [7, 11) is 0. The molecule has 1 aliphatic heterocycles. The van der Waals surface area contributed by atoms with Crippen LogP contribution in [0.15, 0.2) is 84.9 Å². The van der Waals surface area contributed by atoms with E-state index in [1.807, 2.05) is 6.07 Å². The van der Waals surface area contributed by atoms with Crippen molar-refractivity contribution in [2.75, 3.05) is 0 Å². The Hall–Kier alpha value is -3.51. The van der Waals surface area contributed by atoms with Crippen LogP contribution in [0.5, 0.6) is 5.75 Å². The van der Waals surface area contributed by atoms with Gasteiger partial charge in [-0.25, -0.2) is 4.39 Å². The fraction of sp³-hybridized carbons (Fsp3) is 0.222. The molecule has 176 valence electrons. The molecule has 0 spiro atoms. The van der Waals surface area contributed by atoms with Crippen LogP contribution in [0, 0.1) is 19.7 Å². The van der Waals surface area contributed by atoms with Gasteiger partial charge in [0.2, 0.25) is 0 Å². The monoisotopic (exact) mass is 480 g/mol. The summed E-state index contributed by atoms with van der Waals surface area (Å²) in [5.41, 5.74) is 6.05. The van der Waals surface area contributed by atoms with Crippen LogP contribution < -0.4 is 4.74 Å². The zero-order valence-corrected chi connectivity index (χ0v) is 19.8. The van der Waals surface area contributed by atoms with Gasteiger partial charge in [0, 0.05) is 18.0 Å². The lowest BCUT2D eigenvalue weighted by Gasteiger charge is -2.28. The zero-order chi connectivity index (χ0) is 22.8. The van der Waals surface area contributed by atoms with Gasteiger partial charge in [0.15, 0.2) is 5.76 Å². The molecule has 0 amide bonds. The topological polar surface area (TPSA) is 45.5 Å². The highest BCUT2D eigenvalue weighted by Crippen LogP contribution is 2.41. The number of pyridine rings is 1. The van der Waals surface area contributed by atoms with Crippen molar-refractivity contribution < 1.29 is 18.6 Å². The fourth-order valence-corrected chi connectivity index (χ4v) is 4.37. The number of rotatable bonds is 6. The Morgan fingerprint density at radius 2 is 1.97 bits per heavy atom. The quantitative estimate of drug-likeness (QED) is 0.382. The predicted octanol–water partition coefficient (Wildman–Crippen LogP) is 6.97. The molecule has 2 aliphatic rings. The maximum Gasteiger partial charge on any atom is 0.165 e. The van der Waals surface area contributed by atoms with Crippen molar-refractivity contribution in [3.63, 3.8) is 0 Å². The highest BCUT2D eigenvalue weighted by Gasteiger charge is 2.30. The lowest BCUT2D eigenvalue weighted by Crippen LogP contribution is -2.19. The zero-order valence-electron chi connectivity index (χ0n) is 19.0. The number of fused-ring (bicyclic) bond motifs is 1. The van der Waals surface area contributed by atoms with Crippen molar-refractivity contribution in [1.29, 1.82) is 0 Å². The molecule has 0 N–H and O–H groups in total. The summed E-state index contributed by atoms with van der Waals surface area (Å²) >= 11 is 0. The minimum absolute atomic E-state index is 0. The molecule has 0 radical (unpaired) electrons. The molecule has 7 heteroatoms. The van der Waals surface area contributed by atoms with E-state index < -0.39 is 0 Å². The Morgan fingerprint density at radius 3 is 2.68 bits per heavy atom. The molecule has 1 aliphatic carbocycles. The molecule has 5 rings (SSSR count). The van der Waals surface area contributed by atoms with Crippen LogP contribution >= 0.6 is 12.4 Å². The van der Waals surface area contributed by atoms with Gasteiger partial charge in [-0.3, -0.25) is 4.98 Å². The van der Waals surface area contributed by atoms with E-state index in [4.69, 9.17) is 14.2 Å². The number of hydrogen-bond donors (Lipinski definition) is 0. The molecule has 3 aromatic rings. The van der Waals surface area contributed by atoms with Gasteiger partial charge in [0.1, 0.15) is 48.5 Å². The van der Waals surface area contributed by atoms with E-state index in [0.29, 0.717) is 18.1 Å². The molecule has 3 heterocycles. The molecule has 0 bridgehead atoms. The fourth-order valence-electron chi connectivity index (χ4n) is 4.37. The lowest BCUT2D eigenvalue weighted by atomic mass is 9.96. The predicted molar refractivity (Wildman–Crippen MR) is 132 cm³/mol. The van der Waals surface area contributed by atoms with Gasteiger partial charge in [-0.1, -0.05) is 30.4 Å². The van der Waals surface area contributed by atoms with Crippen molar-refractivity contribution in [2.24, 2.45) is 0 Å². The molecule has 0 saturated heterocycles. The van der Waals surface area contributed by atoms with Gasteiger partial charge in [0.25, 0.3) is 0 Å². The molecular weight excluding hydrogens is 455 g/mol. The first-order valence-corrected chi connectivity index (χ1v) is 11.0. The summed E-state index contributed by atoms with van der Waals surface area (Å²) in [6.45, 7) is 4.49. The first-order valence-electron chi connectivity index (χ1n) is 11.0. The Kier molecular flexibility index (Phi) is 7.08. The van der Waals surface area contributed by atoms with E-state index in [1.165, 1.54) is 24.0 Å². The van der Waals surface area contributed by atoms with Crippen LogP contribution in [-0.2, 0) is 16.1 Å². The van der Waals surface area contributed by atoms with E-state index >= 15 is 0 Å². The van der Waals surface area contributed by atoms with Crippen LogP contribution in [0.1, 0.15) is 35.7 Å². The molecule has 2 aromatic heterocycles. The van der Waals surface area contributed by atoms with Gasteiger partial charge in [-0.05, 0) is 55.5 Å². The van der Waals surface area contributed by atoms with Crippen LogP contribution in [0.25, 0.3) is 11.0 Å². The molecule has 0 fully saturated rings. The van der Waals surface area contributed by atoms with E-state index in [0.717, 1.165) is 40.7 Å². The molecule has 1 unspecified atom stereocenters. The van der Waals surface area contributed by atoms with E-state index in [2.05, 4.69) is 41.6 Å². The third-order valence-corrected chi connectivity index (χ3v) is 6.14. The number of benzene rings is 1. The lowest BCUT2D eigenvalue weighted by molar-refractivity contribution is 0.227. The van der Waals surface area contributed by atoms with Crippen molar-refractivity contribution in [2.45, 2.75) is 39.3 Å². The first-order chi connectivity index (χ1) is 16.1. The van der Waals surface area contributed by atoms with Crippen LogP contribution in [0.3, 0.4) is 0 Å². The van der Waals surface area contributed by atoms with E-state index in [9.17, 15) is 4.39 Å². The Morgan fingerprint density at radius 1 is 1.15 bits per heavy atom. The molecular formula is C27H26ClFN2O3. The Balaban J connectivity index is 0.00000274. The third-order valence-electron chi connectivity index (χ3n) is 6.14. The van der Waals surface area contributed by atoms with Crippen molar-refractivity contribution in [3.8, 4) is 5.75 Å². The van der Waals surface area contributed by atoms with Gasteiger partial charge in [0.05, 0.1) is 5.52 Å². The first kappa shape index (κ1) is 23.6. The van der Waals surface area contributed by atoms with Crippen LogP contribution in [0.4, 0.5) is 4.39 Å². The highest BCUT2D eigenvalue weighted by molar-refractivity contribution is 5.87. The maximum absolute atomic E-state index is 13.3. The third kappa shape index (κ3) is 4.46. The van der Waals surface area contributed by atoms with Gasteiger partial charge < -0.3 is 18.8 Å². The van der Waals surface area contributed by atoms with Crippen molar-refractivity contribution in [3.05, 3.63) is 108 Å². The van der Waals surface area contributed by atoms with Gasteiger partial charge in [-0.15, -0.1) is 12.4 Å². The van der Waals surface area contributed by atoms with E-state index in [1.54, 1.807) is 30.9 Å². The number of allylic oxidation sites excluding steroid dienone is 4. The number of halogens is 2. The van der Waals surface area contributed by atoms with Crippen LogP contribution in [0.2, 0.25) is 0 Å². The average molecular weight is 481 g/mol. The molecule has 1 aromatic carbocycles. The smallest absolute Gasteiger partial charge is 0.165 e. The number of aryl methyl sites for hydroxylation is 1. The highest BCUT2D eigenvalue weighted by atomic mass is 35.5. The average Bonchev–Trinajstić information content (AvgIpc) is 3.11. The summed E-state index contributed by atoms with van der Waals surface area (Å²) in [5, 5.41) is 0. The normalized spacial score (nSPS) is 15.6. The summed E-state index contributed by atoms with van der Waals surface area (Å²) in [6.07, 6.45) is 14.8. The second kappa shape index (κ2) is 10.2. The Bertz CT molecular complexity index is 1310. The van der Waals surface area contributed by atoms with Gasteiger partial charge >= 0.3 is 0 Å². The van der Waals surface area contributed by atoms with Crippen molar-refractivity contribution >= 4 is 23.4 Å². The number of ether oxygens (including phenoxy) is 3. The SMILES string of the molecule is Cc1c(C)n(C(C2=CC=CCC2)C2=COC=CO2)c2c(OCc3ccc(F)cc3)ccnc12.Cl. The second-order valence-corrected chi connectivity index (χ2v) is 8.16. The van der Waals surface area contributed by atoms with Gasteiger partial charge in [-0.2, -0.15) is 0 Å². The minimum atomic E-state index is -0.264. The summed E-state index contributed by atoms with van der Waals surface area (Å²) < 4.78 is 33.2.